The summed E-state index contributed by atoms with van der Waals surface area (Å²) in [5.41, 5.74) is 0.647. The molecule has 1 saturated carbocycles. The van der Waals surface area contributed by atoms with Crippen LogP contribution in [0.4, 0.5) is 5.82 Å². The third-order valence-electron chi connectivity index (χ3n) is 2.83. The van der Waals surface area contributed by atoms with E-state index in [0.717, 1.165) is 12.8 Å². The first-order chi connectivity index (χ1) is 8.74. The average Bonchev–Trinajstić information content (AvgIpc) is 3.09. The average molecular weight is 263 g/mol. The minimum atomic E-state index is -0.177. The van der Waals surface area contributed by atoms with E-state index in [4.69, 9.17) is 11.6 Å². The number of hydrogen-bond acceptors (Lipinski definition) is 3. The normalized spacial score (nSPS) is 14.5. The molecule has 3 rings (SSSR count). The second-order valence-corrected chi connectivity index (χ2v) is 4.61. The number of nitrogens with one attached hydrogen (secondary N) is 1. The molecular formula is C12H11ClN4O. The van der Waals surface area contributed by atoms with Gasteiger partial charge in [-0.2, -0.15) is 0 Å². The summed E-state index contributed by atoms with van der Waals surface area (Å²) in [5, 5.41) is 10.5. The summed E-state index contributed by atoms with van der Waals surface area (Å²) < 4.78 is 2.00. The van der Waals surface area contributed by atoms with Crippen LogP contribution in [-0.2, 0) is 0 Å². The third kappa shape index (κ3) is 2.22. The maximum absolute atomic E-state index is 12.1. The van der Waals surface area contributed by atoms with Gasteiger partial charge in [0.15, 0.2) is 11.0 Å². The monoisotopic (exact) mass is 262 g/mol. The van der Waals surface area contributed by atoms with Crippen LogP contribution in [0.3, 0.4) is 0 Å². The van der Waals surface area contributed by atoms with E-state index in [-0.39, 0.29) is 5.91 Å². The molecule has 1 amide bonds. The Balaban J connectivity index is 1.78. The van der Waals surface area contributed by atoms with E-state index in [1.54, 1.807) is 18.2 Å². The van der Waals surface area contributed by atoms with Crippen molar-refractivity contribution in [2.45, 2.75) is 18.9 Å². The molecule has 1 N–H and O–H groups in total. The molecule has 2 heterocycles. The van der Waals surface area contributed by atoms with Gasteiger partial charge in [0, 0.05) is 12.2 Å². The van der Waals surface area contributed by atoms with Crippen molar-refractivity contribution < 1.29 is 4.79 Å². The van der Waals surface area contributed by atoms with Crippen LogP contribution in [0.1, 0.15) is 29.4 Å². The summed E-state index contributed by atoms with van der Waals surface area (Å²) in [6.45, 7) is 0. The molecule has 0 unspecified atom stereocenters. The van der Waals surface area contributed by atoms with Gasteiger partial charge < -0.3 is 9.88 Å². The van der Waals surface area contributed by atoms with Crippen LogP contribution in [-0.4, -0.2) is 20.7 Å². The minimum absolute atomic E-state index is 0.177. The SMILES string of the molecule is O=C(Nc1ccc(Cl)nn1)c1cccn1C1CC1. The Morgan fingerprint density at radius 3 is 2.83 bits per heavy atom. The fourth-order valence-electron chi connectivity index (χ4n) is 1.82. The fraction of sp³-hybridized carbons (Fsp3) is 0.250. The Labute approximate surface area is 109 Å². The molecule has 18 heavy (non-hydrogen) atoms. The molecule has 0 aromatic carbocycles. The number of rotatable bonds is 3. The van der Waals surface area contributed by atoms with E-state index in [2.05, 4.69) is 15.5 Å². The number of nitrogens with zero attached hydrogens (tertiary/aromatic N) is 3. The highest BCUT2D eigenvalue weighted by atomic mass is 35.5. The molecule has 5 nitrogen and oxygen atoms in total. The first kappa shape index (κ1) is 11.2. The highest BCUT2D eigenvalue weighted by Gasteiger charge is 2.26. The van der Waals surface area contributed by atoms with Gasteiger partial charge in [0.1, 0.15) is 5.69 Å². The van der Waals surface area contributed by atoms with E-state index in [1.807, 2.05) is 16.8 Å². The lowest BCUT2D eigenvalue weighted by Crippen LogP contribution is -2.17. The zero-order chi connectivity index (χ0) is 12.5. The van der Waals surface area contributed by atoms with Crippen molar-refractivity contribution in [2.75, 3.05) is 5.32 Å². The molecule has 0 spiro atoms. The smallest absolute Gasteiger partial charge is 0.273 e. The summed E-state index contributed by atoms with van der Waals surface area (Å²) in [6.07, 6.45) is 4.20. The van der Waals surface area contributed by atoms with E-state index in [0.29, 0.717) is 22.7 Å². The van der Waals surface area contributed by atoms with Crippen molar-refractivity contribution in [3.63, 3.8) is 0 Å². The van der Waals surface area contributed by atoms with Gasteiger partial charge in [-0.3, -0.25) is 4.79 Å². The summed E-state index contributed by atoms with van der Waals surface area (Å²) in [4.78, 5) is 12.1. The highest BCUT2D eigenvalue weighted by molar-refractivity contribution is 6.29. The van der Waals surface area contributed by atoms with Crippen molar-refractivity contribution in [1.29, 1.82) is 0 Å². The van der Waals surface area contributed by atoms with Crippen LogP contribution in [0.5, 0.6) is 0 Å². The minimum Gasteiger partial charge on any atom is -0.340 e. The zero-order valence-corrected chi connectivity index (χ0v) is 10.3. The summed E-state index contributed by atoms with van der Waals surface area (Å²) in [7, 11) is 0. The second kappa shape index (κ2) is 4.42. The van der Waals surface area contributed by atoms with Crippen LogP contribution in [0.2, 0.25) is 5.15 Å². The number of carbonyl (C=O) groups is 1. The molecule has 1 aliphatic carbocycles. The maximum atomic E-state index is 12.1. The number of amides is 1. The lowest BCUT2D eigenvalue weighted by molar-refractivity contribution is 0.101. The molecule has 0 bridgehead atoms. The van der Waals surface area contributed by atoms with E-state index >= 15 is 0 Å². The number of anilines is 1. The quantitative estimate of drug-likeness (QED) is 0.925. The Morgan fingerprint density at radius 1 is 1.33 bits per heavy atom. The maximum Gasteiger partial charge on any atom is 0.273 e. The van der Waals surface area contributed by atoms with Crippen LogP contribution < -0.4 is 5.32 Å². The topological polar surface area (TPSA) is 59.8 Å². The van der Waals surface area contributed by atoms with Gasteiger partial charge >= 0.3 is 0 Å². The number of hydrogen-bond donors (Lipinski definition) is 1. The Kier molecular flexibility index (Phi) is 2.76. The van der Waals surface area contributed by atoms with Gasteiger partial charge in [0.25, 0.3) is 5.91 Å². The number of aromatic nitrogens is 3. The van der Waals surface area contributed by atoms with Crippen molar-refractivity contribution in [3.05, 3.63) is 41.3 Å². The van der Waals surface area contributed by atoms with Gasteiger partial charge in [0.05, 0.1) is 0 Å². The predicted molar refractivity (Wildman–Crippen MR) is 67.7 cm³/mol. The second-order valence-electron chi connectivity index (χ2n) is 4.23. The van der Waals surface area contributed by atoms with Crippen molar-refractivity contribution in [3.8, 4) is 0 Å². The van der Waals surface area contributed by atoms with Gasteiger partial charge in [-0.05, 0) is 37.1 Å². The Bertz CT molecular complexity index is 574. The molecule has 1 aliphatic rings. The first-order valence-corrected chi connectivity index (χ1v) is 6.09. The van der Waals surface area contributed by atoms with Crippen molar-refractivity contribution in [2.24, 2.45) is 0 Å². The molecule has 0 saturated heterocycles. The molecule has 0 aliphatic heterocycles. The van der Waals surface area contributed by atoms with Crippen LogP contribution >= 0.6 is 11.6 Å². The van der Waals surface area contributed by atoms with Gasteiger partial charge in [0.2, 0.25) is 0 Å². The zero-order valence-electron chi connectivity index (χ0n) is 9.51. The standard InChI is InChI=1S/C12H11ClN4O/c13-10-5-6-11(16-15-10)14-12(18)9-2-1-7-17(9)8-3-4-8/h1-2,5-8H,3-4H2,(H,14,16,18). The Hall–Kier alpha value is -1.88. The highest BCUT2D eigenvalue weighted by Crippen LogP contribution is 2.36. The van der Waals surface area contributed by atoms with E-state index in [1.165, 1.54) is 0 Å². The number of halogens is 1. The third-order valence-corrected chi connectivity index (χ3v) is 3.03. The van der Waals surface area contributed by atoms with Crippen LogP contribution in [0.25, 0.3) is 0 Å². The van der Waals surface area contributed by atoms with E-state index in [9.17, 15) is 4.79 Å². The molecule has 92 valence electrons. The summed E-state index contributed by atoms with van der Waals surface area (Å²) in [6, 6.07) is 7.36. The van der Waals surface area contributed by atoms with Crippen molar-refractivity contribution in [1.82, 2.24) is 14.8 Å². The molecular weight excluding hydrogens is 252 g/mol. The fourth-order valence-corrected chi connectivity index (χ4v) is 1.92. The van der Waals surface area contributed by atoms with Gasteiger partial charge in [-0.25, -0.2) is 0 Å². The number of carbonyl (C=O) groups excluding carboxylic acids is 1. The molecule has 2 aromatic heterocycles. The lowest BCUT2D eigenvalue weighted by Gasteiger charge is -2.07. The van der Waals surface area contributed by atoms with Crippen LogP contribution in [0, 0.1) is 0 Å². The van der Waals surface area contributed by atoms with Crippen molar-refractivity contribution >= 4 is 23.3 Å². The summed E-state index contributed by atoms with van der Waals surface area (Å²) >= 11 is 5.63. The van der Waals surface area contributed by atoms with Gasteiger partial charge in [-0.1, -0.05) is 11.6 Å². The predicted octanol–water partition coefficient (Wildman–Crippen LogP) is 2.52. The first-order valence-electron chi connectivity index (χ1n) is 5.71. The van der Waals surface area contributed by atoms with Crippen LogP contribution in [0.15, 0.2) is 30.5 Å². The summed E-state index contributed by atoms with van der Waals surface area (Å²) in [5.74, 6) is 0.219. The van der Waals surface area contributed by atoms with E-state index < -0.39 is 0 Å². The molecule has 2 aromatic rings. The molecule has 6 heteroatoms. The molecule has 0 atom stereocenters. The largest absolute Gasteiger partial charge is 0.340 e. The Morgan fingerprint density at radius 2 is 2.17 bits per heavy atom. The molecule has 0 radical (unpaired) electrons. The lowest BCUT2D eigenvalue weighted by atomic mass is 10.4. The molecule has 1 fully saturated rings. The van der Waals surface area contributed by atoms with Gasteiger partial charge in [-0.15, -0.1) is 10.2 Å².